The number of hydrogen-bond donors (Lipinski definition) is 1. The molecular weight excluding hydrogens is 489 g/mol. The smallest absolute Gasteiger partial charge is 0.416 e. The number of unbranched alkanes of at least 4 members (excludes halogenated alkanes) is 1. The van der Waals surface area contributed by atoms with Crippen molar-refractivity contribution in [3.05, 3.63) is 76.6 Å². The van der Waals surface area contributed by atoms with Crippen LogP contribution in [0.3, 0.4) is 0 Å². The van der Waals surface area contributed by atoms with Gasteiger partial charge in [-0.2, -0.15) is 13.2 Å². The molecule has 0 fully saturated rings. The van der Waals surface area contributed by atoms with E-state index in [2.05, 4.69) is 0 Å². The largest absolute Gasteiger partial charge is 0.501 e. The molecule has 0 aliphatic heterocycles. The lowest BCUT2D eigenvalue weighted by Crippen LogP contribution is -2.26. The van der Waals surface area contributed by atoms with Crippen LogP contribution in [0.4, 0.5) is 13.2 Å². The van der Waals surface area contributed by atoms with Crippen molar-refractivity contribution in [3.63, 3.8) is 0 Å². The Balaban J connectivity index is 1.88. The monoisotopic (exact) mass is 522 g/mol. The highest BCUT2D eigenvalue weighted by Gasteiger charge is 2.32. The summed E-state index contributed by atoms with van der Waals surface area (Å²) in [5.41, 5.74) is 1.23. The number of rotatable bonds is 12. The predicted octanol–water partition coefficient (Wildman–Crippen LogP) is 8.15. The summed E-state index contributed by atoms with van der Waals surface area (Å²) in [5, 5.41) is 9.25. The van der Waals surface area contributed by atoms with Gasteiger partial charge in [0.15, 0.2) is 0 Å². The van der Waals surface area contributed by atoms with Crippen LogP contribution in [0.2, 0.25) is 0 Å². The maximum Gasteiger partial charge on any atom is 0.416 e. The number of carbonyl (C=O) groups is 1. The van der Waals surface area contributed by atoms with Crippen LogP contribution in [0, 0.1) is 6.92 Å². The number of halogens is 3. The molecule has 0 radical (unpaired) electrons. The van der Waals surface area contributed by atoms with E-state index in [9.17, 15) is 23.1 Å². The SMILES string of the molecule is CO/C(C)=C(\C=C\c1ccc(C(F)(F)F)c(C)c1)CCCCOc1ccc(SC(C)(C)C(=O)O)cc1. The van der Waals surface area contributed by atoms with Crippen LogP contribution >= 0.6 is 11.8 Å². The second kappa shape index (κ2) is 12.9. The van der Waals surface area contributed by atoms with Crippen molar-refractivity contribution in [1.29, 1.82) is 0 Å². The summed E-state index contributed by atoms with van der Waals surface area (Å²) in [6.07, 6.45) is 1.70. The average Bonchev–Trinajstić information content (AvgIpc) is 2.80. The van der Waals surface area contributed by atoms with Crippen molar-refractivity contribution in [3.8, 4) is 5.75 Å². The van der Waals surface area contributed by atoms with Crippen LogP contribution in [0.5, 0.6) is 5.75 Å². The van der Waals surface area contributed by atoms with Crippen molar-refractivity contribution in [2.45, 2.75) is 62.8 Å². The Bertz CT molecular complexity index is 1090. The highest BCUT2D eigenvalue weighted by Crippen LogP contribution is 2.34. The molecule has 36 heavy (non-hydrogen) atoms. The third kappa shape index (κ3) is 8.97. The number of carboxylic acids is 1. The molecule has 0 aromatic heterocycles. The van der Waals surface area contributed by atoms with E-state index < -0.39 is 22.5 Å². The molecule has 2 rings (SSSR count). The fraction of sp³-hybridized carbons (Fsp3) is 0.393. The summed E-state index contributed by atoms with van der Waals surface area (Å²) in [4.78, 5) is 12.1. The molecule has 0 aliphatic rings. The third-order valence-electron chi connectivity index (χ3n) is 5.61. The maximum absolute atomic E-state index is 13.0. The summed E-state index contributed by atoms with van der Waals surface area (Å²) in [6, 6.07) is 11.5. The van der Waals surface area contributed by atoms with Crippen molar-refractivity contribution in [1.82, 2.24) is 0 Å². The van der Waals surface area contributed by atoms with Gasteiger partial charge in [-0.1, -0.05) is 24.3 Å². The molecule has 2 aromatic rings. The van der Waals surface area contributed by atoms with Gasteiger partial charge in [-0.15, -0.1) is 11.8 Å². The second-order valence-corrected chi connectivity index (χ2v) is 10.6. The highest BCUT2D eigenvalue weighted by molar-refractivity contribution is 8.01. The molecule has 0 bridgehead atoms. The van der Waals surface area contributed by atoms with Crippen LogP contribution in [0.1, 0.15) is 56.7 Å². The van der Waals surface area contributed by atoms with Gasteiger partial charge in [-0.3, -0.25) is 4.79 Å². The fourth-order valence-corrected chi connectivity index (χ4v) is 4.31. The predicted molar refractivity (Wildman–Crippen MR) is 138 cm³/mol. The van der Waals surface area contributed by atoms with E-state index in [0.29, 0.717) is 17.9 Å². The quantitative estimate of drug-likeness (QED) is 0.132. The number of thioether (sulfide) groups is 1. The number of benzene rings is 2. The lowest BCUT2D eigenvalue weighted by atomic mass is 10.0. The number of allylic oxidation sites excluding steroid dienone is 3. The minimum Gasteiger partial charge on any atom is -0.501 e. The number of aryl methyl sites for hydroxylation is 1. The molecule has 0 aliphatic carbocycles. The molecule has 0 heterocycles. The van der Waals surface area contributed by atoms with Gasteiger partial charge in [0.25, 0.3) is 0 Å². The van der Waals surface area contributed by atoms with Crippen molar-refractivity contribution in [2.24, 2.45) is 0 Å². The first kappa shape index (κ1) is 29.4. The first-order valence-corrected chi connectivity index (χ1v) is 12.4. The number of aliphatic carboxylic acids is 1. The zero-order valence-electron chi connectivity index (χ0n) is 21.2. The summed E-state index contributed by atoms with van der Waals surface area (Å²) in [6.45, 7) is 7.17. The van der Waals surface area contributed by atoms with Gasteiger partial charge in [0, 0.05) is 4.90 Å². The molecule has 1 N–H and O–H groups in total. The van der Waals surface area contributed by atoms with E-state index in [1.807, 2.05) is 37.3 Å². The molecule has 0 unspecified atom stereocenters. The van der Waals surface area contributed by atoms with Gasteiger partial charge in [-0.25, -0.2) is 0 Å². The number of hydrogen-bond acceptors (Lipinski definition) is 4. The van der Waals surface area contributed by atoms with Crippen LogP contribution in [-0.4, -0.2) is 29.5 Å². The minimum atomic E-state index is -4.36. The minimum absolute atomic E-state index is 0.188. The van der Waals surface area contributed by atoms with Gasteiger partial charge in [-0.05, 0) is 94.0 Å². The summed E-state index contributed by atoms with van der Waals surface area (Å²) < 4.78 is 49.2. The summed E-state index contributed by atoms with van der Waals surface area (Å²) in [5.74, 6) is 0.608. The second-order valence-electron chi connectivity index (χ2n) is 8.89. The lowest BCUT2D eigenvalue weighted by molar-refractivity contribution is -0.139. The van der Waals surface area contributed by atoms with Gasteiger partial charge >= 0.3 is 12.1 Å². The Hall–Kier alpha value is -2.87. The number of carboxylic acid groups (broad SMARTS) is 1. The standard InChI is InChI=1S/C28H33F3O4S/c1-19-18-21(10-16-25(19)28(29,30)31)9-11-22(20(2)34-5)8-6-7-17-35-23-12-14-24(15-13-23)36-27(3,4)26(32)33/h9-16,18H,6-8,17H2,1-5H3,(H,32,33)/b11-9+,22-20-. The fourth-order valence-electron chi connectivity index (χ4n) is 3.36. The Labute approximate surface area is 215 Å². The molecule has 4 nitrogen and oxygen atoms in total. The van der Waals surface area contributed by atoms with Crippen molar-refractivity contribution < 1.29 is 32.5 Å². The van der Waals surface area contributed by atoms with E-state index in [1.165, 1.54) is 30.8 Å². The van der Waals surface area contributed by atoms with Gasteiger partial charge in [0.2, 0.25) is 0 Å². The summed E-state index contributed by atoms with van der Waals surface area (Å²) in [7, 11) is 1.59. The van der Waals surface area contributed by atoms with Crippen LogP contribution < -0.4 is 4.74 Å². The van der Waals surface area contributed by atoms with Gasteiger partial charge < -0.3 is 14.6 Å². The van der Waals surface area contributed by atoms with E-state index >= 15 is 0 Å². The Morgan fingerprint density at radius 2 is 1.75 bits per heavy atom. The Morgan fingerprint density at radius 1 is 1.08 bits per heavy atom. The normalized spacial score (nSPS) is 13.0. The van der Waals surface area contributed by atoms with E-state index in [4.69, 9.17) is 9.47 Å². The molecule has 0 spiro atoms. The summed E-state index contributed by atoms with van der Waals surface area (Å²) >= 11 is 1.28. The van der Waals surface area contributed by atoms with Crippen molar-refractivity contribution >= 4 is 23.8 Å². The number of methoxy groups -OCH3 is 1. The first-order chi connectivity index (χ1) is 16.8. The number of alkyl halides is 3. The molecule has 0 saturated carbocycles. The van der Waals surface area contributed by atoms with Crippen LogP contribution in [0.25, 0.3) is 6.08 Å². The lowest BCUT2D eigenvalue weighted by Gasteiger charge is -2.18. The molecule has 2 aromatic carbocycles. The zero-order chi connectivity index (χ0) is 26.9. The highest BCUT2D eigenvalue weighted by atomic mass is 32.2. The first-order valence-electron chi connectivity index (χ1n) is 11.6. The third-order valence-corrected chi connectivity index (χ3v) is 6.80. The molecule has 0 amide bonds. The van der Waals surface area contributed by atoms with Crippen molar-refractivity contribution in [2.75, 3.05) is 13.7 Å². The van der Waals surface area contributed by atoms with E-state index in [0.717, 1.165) is 41.6 Å². The van der Waals surface area contributed by atoms with Crippen LogP contribution in [0.15, 0.2) is 64.8 Å². The average molecular weight is 523 g/mol. The zero-order valence-corrected chi connectivity index (χ0v) is 22.1. The van der Waals surface area contributed by atoms with Crippen LogP contribution in [-0.2, 0) is 15.7 Å². The van der Waals surface area contributed by atoms with Gasteiger partial charge in [0.05, 0.1) is 25.0 Å². The topological polar surface area (TPSA) is 55.8 Å². The molecule has 8 heteroatoms. The Kier molecular flexibility index (Phi) is 10.5. The molecular formula is C28H33F3O4S. The van der Waals surface area contributed by atoms with Gasteiger partial charge in [0.1, 0.15) is 10.5 Å². The molecule has 0 atom stereocenters. The molecule has 0 saturated heterocycles. The van der Waals surface area contributed by atoms with E-state index in [1.54, 1.807) is 27.0 Å². The maximum atomic E-state index is 13.0. The van der Waals surface area contributed by atoms with E-state index in [-0.39, 0.29) is 5.56 Å². The Morgan fingerprint density at radius 3 is 2.31 bits per heavy atom. The number of ether oxygens (including phenoxy) is 2. The molecule has 196 valence electrons.